The summed E-state index contributed by atoms with van der Waals surface area (Å²) in [5, 5.41) is 3.36. The number of benzene rings is 2. The molecule has 0 heterocycles. The number of nitrogens with one attached hydrogen (secondary N) is 1. The highest BCUT2D eigenvalue weighted by atomic mass is 35.5. The van der Waals surface area contributed by atoms with Crippen LogP contribution in [0.2, 0.25) is 5.02 Å². The van der Waals surface area contributed by atoms with Gasteiger partial charge in [0.1, 0.15) is 11.6 Å². The highest BCUT2D eigenvalue weighted by molar-refractivity contribution is 6.32. The van der Waals surface area contributed by atoms with Crippen molar-refractivity contribution in [1.29, 1.82) is 0 Å². The van der Waals surface area contributed by atoms with Crippen LogP contribution in [-0.2, 0) is 17.8 Å². The predicted molar refractivity (Wildman–Crippen MR) is 94.5 cm³/mol. The van der Waals surface area contributed by atoms with Crippen LogP contribution >= 0.6 is 11.6 Å². The molecule has 0 saturated heterocycles. The molecule has 26 heavy (non-hydrogen) atoms. The van der Waals surface area contributed by atoms with Gasteiger partial charge in [0.25, 0.3) is 5.91 Å². The summed E-state index contributed by atoms with van der Waals surface area (Å²) in [7, 11) is 1.45. The van der Waals surface area contributed by atoms with Gasteiger partial charge in [-0.05, 0) is 42.8 Å². The van der Waals surface area contributed by atoms with Crippen molar-refractivity contribution in [1.82, 2.24) is 5.32 Å². The van der Waals surface area contributed by atoms with E-state index in [-0.39, 0.29) is 29.4 Å². The Hall–Kier alpha value is -2.38. The number of carbonyl (C=O) groups is 1. The summed E-state index contributed by atoms with van der Waals surface area (Å²) < 4.78 is 37.6. The minimum absolute atomic E-state index is 0.0470. The van der Waals surface area contributed by atoms with E-state index in [4.69, 9.17) is 26.8 Å². The lowest BCUT2D eigenvalue weighted by molar-refractivity contribution is -0.119. The molecule has 1 amide bonds. The number of hydrogen-bond donors (Lipinski definition) is 2. The van der Waals surface area contributed by atoms with Crippen LogP contribution in [0.1, 0.15) is 11.1 Å². The molecule has 0 radical (unpaired) electrons. The largest absolute Gasteiger partial charge is 0.493 e. The van der Waals surface area contributed by atoms with Crippen molar-refractivity contribution in [3.63, 3.8) is 0 Å². The fourth-order valence-electron chi connectivity index (χ4n) is 2.38. The number of nitrogens with two attached hydrogens (primary N) is 1. The molecule has 0 spiro atoms. The number of ether oxygens (including phenoxy) is 2. The van der Waals surface area contributed by atoms with Crippen LogP contribution in [-0.4, -0.2) is 26.2 Å². The predicted octanol–water partition coefficient (Wildman–Crippen LogP) is 2.82. The quantitative estimate of drug-likeness (QED) is 0.652. The molecule has 0 aliphatic carbocycles. The summed E-state index contributed by atoms with van der Waals surface area (Å²) >= 11 is 6.16. The molecular formula is C18H19ClF2N2O3. The van der Waals surface area contributed by atoms with E-state index >= 15 is 0 Å². The van der Waals surface area contributed by atoms with Crippen molar-refractivity contribution in [2.24, 2.45) is 5.73 Å². The number of hydrogen-bond acceptors (Lipinski definition) is 4. The van der Waals surface area contributed by atoms with Gasteiger partial charge in [-0.1, -0.05) is 17.7 Å². The summed E-state index contributed by atoms with van der Waals surface area (Å²) in [5.41, 5.74) is 5.88. The van der Waals surface area contributed by atoms with Gasteiger partial charge in [0, 0.05) is 12.1 Å². The van der Waals surface area contributed by atoms with E-state index in [1.54, 1.807) is 12.1 Å². The first kappa shape index (κ1) is 19.9. The average Bonchev–Trinajstić information content (AvgIpc) is 2.59. The Morgan fingerprint density at radius 2 is 1.96 bits per heavy atom. The van der Waals surface area contributed by atoms with Crippen LogP contribution in [0.25, 0.3) is 0 Å². The molecule has 0 unspecified atom stereocenters. The lowest BCUT2D eigenvalue weighted by atomic mass is 10.1. The van der Waals surface area contributed by atoms with Crippen molar-refractivity contribution in [2.75, 3.05) is 20.3 Å². The third-order valence-corrected chi connectivity index (χ3v) is 3.87. The number of rotatable bonds is 9. The molecule has 140 valence electrons. The van der Waals surface area contributed by atoms with Crippen molar-refractivity contribution in [3.8, 4) is 11.5 Å². The fourth-order valence-corrected chi connectivity index (χ4v) is 2.66. The van der Waals surface area contributed by atoms with Crippen molar-refractivity contribution in [2.45, 2.75) is 13.0 Å². The monoisotopic (exact) mass is 384 g/mol. The Morgan fingerprint density at radius 1 is 1.27 bits per heavy atom. The topological polar surface area (TPSA) is 73.6 Å². The van der Waals surface area contributed by atoms with Gasteiger partial charge < -0.3 is 20.5 Å². The Kier molecular flexibility index (Phi) is 7.17. The number of carbonyl (C=O) groups excluding carboxylic acids is 1. The molecule has 0 atom stereocenters. The fraction of sp³-hybridized carbons (Fsp3) is 0.278. The third kappa shape index (κ3) is 5.31. The van der Waals surface area contributed by atoms with E-state index in [1.165, 1.54) is 25.3 Å². The summed E-state index contributed by atoms with van der Waals surface area (Å²) in [5.74, 6) is -1.17. The van der Waals surface area contributed by atoms with Crippen LogP contribution in [0, 0.1) is 11.6 Å². The van der Waals surface area contributed by atoms with E-state index in [9.17, 15) is 13.6 Å². The first-order valence-electron chi connectivity index (χ1n) is 7.83. The van der Waals surface area contributed by atoms with E-state index in [0.29, 0.717) is 18.8 Å². The molecule has 0 saturated carbocycles. The Morgan fingerprint density at radius 3 is 2.58 bits per heavy atom. The zero-order chi connectivity index (χ0) is 19.1. The van der Waals surface area contributed by atoms with E-state index in [2.05, 4.69) is 5.32 Å². The number of primary amides is 1. The number of methoxy groups -OCH3 is 1. The van der Waals surface area contributed by atoms with Crippen molar-refractivity contribution >= 4 is 17.5 Å². The second kappa shape index (κ2) is 9.35. The van der Waals surface area contributed by atoms with Gasteiger partial charge in [-0.25, -0.2) is 8.78 Å². The molecule has 8 heteroatoms. The summed E-state index contributed by atoms with van der Waals surface area (Å²) in [6.45, 7) is 0.460. The van der Waals surface area contributed by atoms with Crippen LogP contribution in [0.4, 0.5) is 8.78 Å². The van der Waals surface area contributed by atoms with Crippen LogP contribution in [0.5, 0.6) is 11.5 Å². The zero-order valence-corrected chi connectivity index (χ0v) is 14.9. The SMILES string of the molecule is COc1cc(CNCCc2c(F)cccc2F)cc(Cl)c1OCC(N)=O. The van der Waals surface area contributed by atoms with Gasteiger partial charge in [0.05, 0.1) is 12.1 Å². The molecule has 0 aliphatic rings. The lowest BCUT2D eigenvalue weighted by Crippen LogP contribution is -2.20. The Bertz CT molecular complexity index is 767. The summed E-state index contributed by atoms with van der Waals surface area (Å²) in [6, 6.07) is 7.13. The molecule has 2 rings (SSSR count). The van der Waals surface area contributed by atoms with Gasteiger partial charge in [-0.15, -0.1) is 0 Å². The van der Waals surface area contributed by atoms with Crippen LogP contribution in [0.15, 0.2) is 30.3 Å². The molecule has 3 N–H and O–H groups in total. The molecule has 0 fully saturated rings. The summed E-state index contributed by atoms with van der Waals surface area (Å²) in [6.07, 6.45) is 0.211. The highest BCUT2D eigenvalue weighted by Gasteiger charge is 2.13. The molecular weight excluding hydrogens is 366 g/mol. The van der Waals surface area contributed by atoms with Gasteiger partial charge in [-0.3, -0.25) is 4.79 Å². The van der Waals surface area contributed by atoms with Gasteiger partial charge in [0.15, 0.2) is 18.1 Å². The normalized spacial score (nSPS) is 10.6. The minimum atomic E-state index is -0.630. The lowest BCUT2D eigenvalue weighted by Gasteiger charge is -2.14. The zero-order valence-electron chi connectivity index (χ0n) is 14.2. The number of halogens is 3. The second-order valence-electron chi connectivity index (χ2n) is 5.49. The Balaban J connectivity index is 1.97. The molecule has 0 aromatic heterocycles. The maximum absolute atomic E-state index is 13.6. The van der Waals surface area contributed by atoms with E-state index in [0.717, 1.165) is 5.56 Å². The maximum Gasteiger partial charge on any atom is 0.255 e. The van der Waals surface area contributed by atoms with Crippen LogP contribution in [0.3, 0.4) is 0 Å². The van der Waals surface area contributed by atoms with Gasteiger partial charge >= 0.3 is 0 Å². The second-order valence-corrected chi connectivity index (χ2v) is 5.90. The molecule has 2 aromatic carbocycles. The molecule has 0 aliphatic heterocycles. The first-order chi connectivity index (χ1) is 12.4. The molecule has 2 aromatic rings. The average molecular weight is 385 g/mol. The standard InChI is InChI=1S/C18H19ClF2N2O3/c1-25-16-8-11(7-13(19)18(16)26-10-17(22)24)9-23-6-5-12-14(20)3-2-4-15(12)21/h2-4,7-8,23H,5-6,9-10H2,1H3,(H2,22,24). The number of amides is 1. The van der Waals surface area contributed by atoms with E-state index in [1.807, 2.05) is 0 Å². The van der Waals surface area contributed by atoms with Crippen molar-refractivity contribution < 1.29 is 23.0 Å². The highest BCUT2D eigenvalue weighted by Crippen LogP contribution is 2.36. The van der Waals surface area contributed by atoms with Crippen LogP contribution < -0.4 is 20.5 Å². The van der Waals surface area contributed by atoms with E-state index < -0.39 is 17.5 Å². The summed E-state index contributed by atoms with van der Waals surface area (Å²) in [4.78, 5) is 10.8. The van der Waals surface area contributed by atoms with Gasteiger partial charge in [0.2, 0.25) is 0 Å². The maximum atomic E-state index is 13.6. The van der Waals surface area contributed by atoms with Crippen molar-refractivity contribution in [3.05, 3.63) is 58.1 Å². The Labute approximate surface area is 155 Å². The smallest absolute Gasteiger partial charge is 0.255 e. The minimum Gasteiger partial charge on any atom is -0.493 e. The third-order valence-electron chi connectivity index (χ3n) is 3.59. The molecule has 0 bridgehead atoms. The first-order valence-corrected chi connectivity index (χ1v) is 8.21. The molecule has 5 nitrogen and oxygen atoms in total. The van der Waals surface area contributed by atoms with Gasteiger partial charge in [-0.2, -0.15) is 0 Å².